The molecule has 1 rings (SSSR count). The van der Waals surface area contributed by atoms with Gasteiger partial charge in [-0.3, -0.25) is 0 Å². The van der Waals surface area contributed by atoms with Gasteiger partial charge in [-0.05, 0) is 37.6 Å². The highest BCUT2D eigenvalue weighted by Gasteiger charge is 2.01. The molecule has 0 N–H and O–H groups in total. The zero-order valence-electron chi connectivity index (χ0n) is 8.16. The number of benzene rings is 1. The van der Waals surface area contributed by atoms with Gasteiger partial charge in [0, 0.05) is 4.90 Å². The Morgan fingerprint density at radius 3 is 2.46 bits per heavy atom. The normalized spacial score (nSPS) is 12.5. The quantitative estimate of drug-likeness (QED) is 0.725. The van der Waals surface area contributed by atoms with E-state index in [-0.39, 0.29) is 0 Å². The molecule has 72 valence electrons. The first-order valence-electron chi connectivity index (χ1n) is 4.68. The third-order valence-corrected chi connectivity index (χ3v) is 2.17. The monoisotopic (exact) mass is 196 g/mol. The minimum Gasteiger partial charge on any atom is -0.491 e. The summed E-state index contributed by atoms with van der Waals surface area (Å²) < 4.78 is 5.68. The highest BCUT2D eigenvalue weighted by atomic mass is 32.1. The topological polar surface area (TPSA) is 9.23 Å². The lowest BCUT2D eigenvalue weighted by Crippen LogP contribution is -2.10. The van der Waals surface area contributed by atoms with Crippen molar-refractivity contribution >= 4 is 12.6 Å². The molecule has 1 aromatic carbocycles. The fraction of sp³-hybridized carbons (Fsp3) is 0.455. The number of hydrogen-bond donors (Lipinski definition) is 1. The van der Waals surface area contributed by atoms with Crippen LogP contribution in [0.5, 0.6) is 5.75 Å². The smallest absolute Gasteiger partial charge is 0.119 e. The molecule has 0 heterocycles. The van der Waals surface area contributed by atoms with Crippen LogP contribution in [0.25, 0.3) is 0 Å². The second-order valence-electron chi connectivity index (χ2n) is 3.21. The average Bonchev–Trinajstić information content (AvgIpc) is 2.09. The van der Waals surface area contributed by atoms with E-state index in [1.54, 1.807) is 0 Å². The molecule has 1 unspecified atom stereocenters. The molecule has 0 aromatic heterocycles. The summed E-state index contributed by atoms with van der Waals surface area (Å²) >= 11 is 4.21. The summed E-state index contributed by atoms with van der Waals surface area (Å²) in [6, 6.07) is 7.79. The van der Waals surface area contributed by atoms with E-state index in [2.05, 4.69) is 26.5 Å². The maximum absolute atomic E-state index is 5.68. The Bertz CT molecular complexity index is 243. The minimum atomic E-state index is 0.302. The maximum atomic E-state index is 5.68. The largest absolute Gasteiger partial charge is 0.491 e. The Morgan fingerprint density at radius 1 is 1.31 bits per heavy atom. The van der Waals surface area contributed by atoms with E-state index in [4.69, 9.17) is 4.74 Å². The zero-order valence-corrected chi connectivity index (χ0v) is 9.05. The third-order valence-electron chi connectivity index (χ3n) is 1.87. The Labute approximate surface area is 85.5 Å². The Hall–Kier alpha value is -0.630. The van der Waals surface area contributed by atoms with Crippen molar-refractivity contribution in [1.29, 1.82) is 0 Å². The SMILES string of the molecule is CCCC(C)Oc1ccc(S)cc1. The first-order valence-corrected chi connectivity index (χ1v) is 5.12. The highest BCUT2D eigenvalue weighted by Crippen LogP contribution is 2.16. The molecule has 1 aromatic rings. The number of ether oxygens (including phenoxy) is 1. The summed E-state index contributed by atoms with van der Waals surface area (Å²) in [4.78, 5) is 0.968. The van der Waals surface area contributed by atoms with Crippen LogP contribution in [-0.4, -0.2) is 6.10 Å². The van der Waals surface area contributed by atoms with Gasteiger partial charge in [0.25, 0.3) is 0 Å². The molecule has 0 fully saturated rings. The molecule has 0 aliphatic rings. The molecule has 13 heavy (non-hydrogen) atoms. The van der Waals surface area contributed by atoms with E-state index < -0.39 is 0 Å². The molecular formula is C11H16OS. The molecule has 0 aliphatic carbocycles. The fourth-order valence-corrected chi connectivity index (χ4v) is 1.37. The van der Waals surface area contributed by atoms with Gasteiger partial charge >= 0.3 is 0 Å². The predicted octanol–water partition coefficient (Wildman–Crippen LogP) is 3.54. The standard InChI is InChI=1S/C11H16OS/c1-3-4-9(2)12-10-5-7-11(13)8-6-10/h5-9,13H,3-4H2,1-2H3. The Kier molecular flexibility index (Phi) is 4.16. The van der Waals surface area contributed by atoms with Crippen molar-refractivity contribution in [2.75, 3.05) is 0 Å². The van der Waals surface area contributed by atoms with Gasteiger partial charge in [0.15, 0.2) is 0 Å². The Balaban J connectivity index is 2.49. The molecule has 0 radical (unpaired) electrons. The lowest BCUT2D eigenvalue weighted by molar-refractivity contribution is 0.210. The predicted molar refractivity (Wildman–Crippen MR) is 58.7 cm³/mol. The summed E-state index contributed by atoms with van der Waals surface area (Å²) in [6.45, 7) is 4.26. The molecule has 0 amide bonds. The molecule has 0 saturated carbocycles. The van der Waals surface area contributed by atoms with Crippen LogP contribution in [0.15, 0.2) is 29.2 Å². The number of hydrogen-bond acceptors (Lipinski definition) is 2. The van der Waals surface area contributed by atoms with E-state index >= 15 is 0 Å². The molecule has 0 saturated heterocycles. The first kappa shape index (κ1) is 10.5. The van der Waals surface area contributed by atoms with Crippen LogP contribution in [0.2, 0.25) is 0 Å². The van der Waals surface area contributed by atoms with Gasteiger partial charge in [0.05, 0.1) is 6.10 Å². The number of rotatable bonds is 4. The third kappa shape index (κ3) is 3.73. The van der Waals surface area contributed by atoms with Gasteiger partial charge in [-0.1, -0.05) is 13.3 Å². The van der Waals surface area contributed by atoms with Crippen LogP contribution in [0.1, 0.15) is 26.7 Å². The molecule has 0 bridgehead atoms. The second kappa shape index (κ2) is 5.18. The van der Waals surface area contributed by atoms with E-state index in [0.29, 0.717) is 6.10 Å². The Morgan fingerprint density at radius 2 is 1.92 bits per heavy atom. The van der Waals surface area contributed by atoms with Crippen molar-refractivity contribution in [2.24, 2.45) is 0 Å². The minimum absolute atomic E-state index is 0.302. The lowest BCUT2D eigenvalue weighted by Gasteiger charge is -2.13. The van der Waals surface area contributed by atoms with E-state index in [1.807, 2.05) is 24.3 Å². The van der Waals surface area contributed by atoms with Crippen LogP contribution in [-0.2, 0) is 0 Å². The van der Waals surface area contributed by atoms with Crippen molar-refractivity contribution in [2.45, 2.75) is 37.7 Å². The van der Waals surface area contributed by atoms with E-state index in [1.165, 1.54) is 0 Å². The molecular weight excluding hydrogens is 180 g/mol. The van der Waals surface area contributed by atoms with Crippen LogP contribution >= 0.6 is 12.6 Å². The van der Waals surface area contributed by atoms with Crippen LogP contribution < -0.4 is 4.74 Å². The van der Waals surface area contributed by atoms with Crippen LogP contribution in [0.3, 0.4) is 0 Å². The van der Waals surface area contributed by atoms with Gasteiger partial charge in [-0.15, -0.1) is 12.6 Å². The summed E-state index contributed by atoms with van der Waals surface area (Å²) in [5.74, 6) is 0.929. The molecule has 1 atom stereocenters. The summed E-state index contributed by atoms with van der Waals surface area (Å²) in [5, 5.41) is 0. The van der Waals surface area contributed by atoms with Crippen molar-refractivity contribution in [1.82, 2.24) is 0 Å². The molecule has 2 heteroatoms. The lowest BCUT2D eigenvalue weighted by atomic mass is 10.2. The fourth-order valence-electron chi connectivity index (χ4n) is 1.22. The van der Waals surface area contributed by atoms with Gasteiger partial charge in [-0.2, -0.15) is 0 Å². The molecule has 0 aliphatic heterocycles. The van der Waals surface area contributed by atoms with Crippen molar-refractivity contribution in [3.05, 3.63) is 24.3 Å². The zero-order chi connectivity index (χ0) is 9.68. The first-order chi connectivity index (χ1) is 6.22. The average molecular weight is 196 g/mol. The second-order valence-corrected chi connectivity index (χ2v) is 3.73. The van der Waals surface area contributed by atoms with Gasteiger partial charge in [-0.25, -0.2) is 0 Å². The number of thiol groups is 1. The van der Waals surface area contributed by atoms with Gasteiger partial charge < -0.3 is 4.74 Å². The van der Waals surface area contributed by atoms with Crippen molar-refractivity contribution in [3.63, 3.8) is 0 Å². The van der Waals surface area contributed by atoms with Gasteiger partial charge in [0.2, 0.25) is 0 Å². The van der Waals surface area contributed by atoms with Crippen LogP contribution in [0, 0.1) is 0 Å². The van der Waals surface area contributed by atoms with Crippen molar-refractivity contribution < 1.29 is 4.74 Å². The van der Waals surface area contributed by atoms with Crippen molar-refractivity contribution in [3.8, 4) is 5.75 Å². The van der Waals surface area contributed by atoms with E-state index in [0.717, 1.165) is 23.5 Å². The van der Waals surface area contributed by atoms with Crippen LogP contribution in [0.4, 0.5) is 0 Å². The summed E-state index contributed by atoms with van der Waals surface area (Å²) in [7, 11) is 0. The van der Waals surface area contributed by atoms with E-state index in [9.17, 15) is 0 Å². The molecule has 1 nitrogen and oxygen atoms in total. The molecule has 0 spiro atoms. The highest BCUT2D eigenvalue weighted by molar-refractivity contribution is 7.80. The summed E-state index contributed by atoms with van der Waals surface area (Å²) in [6.07, 6.45) is 2.56. The van der Waals surface area contributed by atoms with Gasteiger partial charge in [0.1, 0.15) is 5.75 Å². The maximum Gasteiger partial charge on any atom is 0.119 e. The summed E-state index contributed by atoms with van der Waals surface area (Å²) in [5.41, 5.74) is 0.